The van der Waals surface area contributed by atoms with Crippen molar-refractivity contribution >= 4 is 11.8 Å². The number of ether oxygens (including phenoxy) is 3. The van der Waals surface area contributed by atoms with E-state index in [1.165, 1.54) is 12.8 Å². The zero-order chi connectivity index (χ0) is 21.9. The average Bonchev–Trinajstić information content (AvgIpc) is 3.60. The summed E-state index contributed by atoms with van der Waals surface area (Å²) in [5.74, 6) is 1.83. The Morgan fingerprint density at radius 2 is 1.78 bits per heavy atom. The molecule has 8 nitrogen and oxygen atoms in total. The fourth-order valence-corrected chi connectivity index (χ4v) is 5.49. The van der Waals surface area contributed by atoms with E-state index >= 15 is 0 Å². The monoisotopic (exact) mass is 443 g/mol. The highest BCUT2D eigenvalue weighted by Gasteiger charge is 2.37. The van der Waals surface area contributed by atoms with Crippen LogP contribution in [0.3, 0.4) is 0 Å². The van der Waals surface area contributed by atoms with Crippen LogP contribution in [0.4, 0.5) is 0 Å². The lowest BCUT2D eigenvalue weighted by molar-refractivity contribution is -0.129. The summed E-state index contributed by atoms with van der Waals surface area (Å²) >= 11 is 0. The van der Waals surface area contributed by atoms with Gasteiger partial charge in [0.2, 0.25) is 12.7 Å². The SMILES string of the molecule is O=C(NCC1CCCO1)C(C1CCCC1)N1CCN(C(=O)c2ccc3c(c2)OCO3)CC1. The van der Waals surface area contributed by atoms with Gasteiger partial charge in [-0.15, -0.1) is 0 Å². The number of carbonyl (C=O) groups excluding carboxylic acids is 2. The second kappa shape index (κ2) is 9.67. The van der Waals surface area contributed by atoms with Crippen molar-refractivity contribution in [1.82, 2.24) is 15.1 Å². The Kier molecular flexibility index (Phi) is 6.50. The summed E-state index contributed by atoms with van der Waals surface area (Å²) in [5.41, 5.74) is 0.615. The predicted octanol–water partition coefficient (Wildman–Crippen LogP) is 2.03. The Morgan fingerprint density at radius 1 is 1.00 bits per heavy atom. The smallest absolute Gasteiger partial charge is 0.254 e. The first-order chi connectivity index (χ1) is 15.7. The Morgan fingerprint density at radius 3 is 2.53 bits per heavy atom. The molecule has 0 aromatic heterocycles. The van der Waals surface area contributed by atoms with E-state index in [1.807, 2.05) is 4.90 Å². The number of hydrogen-bond donors (Lipinski definition) is 1. The van der Waals surface area contributed by atoms with Gasteiger partial charge < -0.3 is 24.4 Å². The van der Waals surface area contributed by atoms with Crippen LogP contribution in [-0.4, -0.2) is 79.9 Å². The van der Waals surface area contributed by atoms with Crippen molar-refractivity contribution in [3.8, 4) is 11.5 Å². The lowest BCUT2D eigenvalue weighted by Crippen LogP contribution is -2.58. The van der Waals surface area contributed by atoms with Gasteiger partial charge in [0.1, 0.15) is 0 Å². The predicted molar refractivity (Wildman–Crippen MR) is 118 cm³/mol. The van der Waals surface area contributed by atoms with Crippen molar-refractivity contribution in [2.24, 2.45) is 5.92 Å². The fourth-order valence-electron chi connectivity index (χ4n) is 5.49. The van der Waals surface area contributed by atoms with Crippen molar-refractivity contribution < 1.29 is 23.8 Å². The third-order valence-electron chi connectivity index (χ3n) is 7.26. The van der Waals surface area contributed by atoms with Crippen molar-refractivity contribution in [2.75, 3.05) is 46.1 Å². The quantitative estimate of drug-likeness (QED) is 0.725. The molecule has 2 unspecified atom stereocenters. The highest BCUT2D eigenvalue weighted by Crippen LogP contribution is 2.33. The molecule has 1 aliphatic carbocycles. The standard InChI is InChI=1S/C24H33N3O5/c28-23(25-15-19-6-3-13-30-19)22(17-4-1-2-5-17)26-9-11-27(12-10-26)24(29)18-7-8-20-21(14-18)32-16-31-20/h7-8,14,17,19,22H,1-6,9-13,15-16H2,(H,25,28). The Hall–Kier alpha value is -2.32. The molecule has 1 aromatic carbocycles. The van der Waals surface area contributed by atoms with Gasteiger partial charge in [-0.25, -0.2) is 0 Å². The van der Waals surface area contributed by atoms with E-state index in [0.29, 0.717) is 55.7 Å². The van der Waals surface area contributed by atoms with E-state index in [1.54, 1.807) is 18.2 Å². The fraction of sp³-hybridized carbons (Fsp3) is 0.667. The molecule has 2 atom stereocenters. The molecule has 5 rings (SSSR count). The minimum Gasteiger partial charge on any atom is -0.454 e. The van der Waals surface area contributed by atoms with E-state index in [-0.39, 0.29) is 30.8 Å². The molecule has 1 aromatic rings. The van der Waals surface area contributed by atoms with E-state index < -0.39 is 0 Å². The molecule has 3 heterocycles. The summed E-state index contributed by atoms with van der Waals surface area (Å²) in [6.07, 6.45) is 6.86. The maximum atomic E-state index is 13.2. The van der Waals surface area contributed by atoms with E-state index in [9.17, 15) is 9.59 Å². The second-order valence-electron chi connectivity index (χ2n) is 9.27. The van der Waals surface area contributed by atoms with Gasteiger partial charge in [-0.05, 0) is 49.8 Å². The zero-order valence-corrected chi connectivity index (χ0v) is 18.6. The molecule has 3 aliphatic heterocycles. The van der Waals surface area contributed by atoms with Crippen LogP contribution in [0.25, 0.3) is 0 Å². The molecule has 4 aliphatic rings. The maximum Gasteiger partial charge on any atom is 0.254 e. The summed E-state index contributed by atoms with van der Waals surface area (Å²) in [6, 6.07) is 5.24. The molecule has 1 N–H and O–H groups in total. The number of piperazine rings is 1. The topological polar surface area (TPSA) is 80.3 Å². The van der Waals surface area contributed by atoms with Crippen LogP contribution >= 0.6 is 0 Å². The Bertz CT molecular complexity index is 827. The van der Waals surface area contributed by atoms with Gasteiger partial charge in [-0.2, -0.15) is 0 Å². The van der Waals surface area contributed by atoms with Gasteiger partial charge in [0.25, 0.3) is 5.91 Å². The third-order valence-corrected chi connectivity index (χ3v) is 7.26. The first-order valence-corrected chi connectivity index (χ1v) is 12.0. The number of rotatable bonds is 6. The van der Waals surface area contributed by atoms with Gasteiger partial charge in [0.05, 0.1) is 12.1 Å². The third kappa shape index (κ3) is 4.57. The van der Waals surface area contributed by atoms with E-state index in [2.05, 4.69) is 10.2 Å². The Balaban J connectivity index is 1.20. The van der Waals surface area contributed by atoms with Gasteiger partial charge in [-0.1, -0.05) is 12.8 Å². The van der Waals surface area contributed by atoms with Crippen molar-refractivity contribution in [1.29, 1.82) is 0 Å². The van der Waals surface area contributed by atoms with Crippen LogP contribution in [0.2, 0.25) is 0 Å². The normalized spacial score (nSPS) is 24.6. The minimum atomic E-state index is -0.110. The molecule has 1 saturated carbocycles. The molecule has 0 spiro atoms. The van der Waals surface area contributed by atoms with Crippen LogP contribution in [-0.2, 0) is 9.53 Å². The van der Waals surface area contributed by atoms with Crippen LogP contribution in [0.1, 0.15) is 48.9 Å². The maximum absolute atomic E-state index is 13.2. The lowest BCUT2D eigenvalue weighted by atomic mass is 9.94. The number of nitrogens with zero attached hydrogens (tertiary/aromatic N) is 2. The zero-order valence-electron chi connectivity index (χ0n) is 18.6. The van der Waals surface area contributed by atoms with Gasteiger partial charge in [-0.3, -0.25) is 14.5 Å². The van der Waals surface area contributed by atoms with Crippen LogP contribution in [0.5, 0.6) is 11.5 Å². The number of benzene rings is 1. The summed E-state index contributed by atoms with van der Waals surface area (Å²) < 4.78 is 16.4. The molecule has 0 radical (unpaired) electrons. The molecular weight excluding hydrogens is 410 g/mol. The van der Waals surface area contributed by atoms with Crippen molar-refractivity contribution in [2.45, 2.75) is 50.7 Å². The summed E-state index contributed by atoms with van der Waals surface area (Å²) in [6.45, 7) is 4.26. The van der Waals surface area contributed by atoms with Crippen molar-refractivity contribution in [3.05, 3.63) is 23.8 Å². The second-order valence-corrected chi connectivity index (χ2v) is 9.27. The summed E-state index contributed by atoms with van der Waals surface area (Å²) in [4.78, 5) is 30.4. The summed E-state index contributed by atoms with van der Waals surface area (Å²) in [5, 5.41) is 3.17. The molecular formula is C24H33N3O5. The number of amides is 2. The molecule has 174 valence electrons. The number of hydrogen-bond acceptors (Lipinski definition) is 6. The molecule has 2 saturated heterocycles. The Labute approximate surface area is 189 Å². The summed E-state index contributed by atoms with van der Waals surface area (Å²) in [7, 11) is 0. The highest BCUT2D eigenvalue weighted by molar-refractivity contribution is 5.95. The highest BCUT2D eigenvalue weighted by atomic mass is 16.7. The van der Waals surface area contributed by atoms with Crippen LogP contribution < -0.4 is 14.8 Å². The molecule has 2 amide bonds. The largest absolute Gasteiger partial charge is 0.454 e. The molecule has 3 fully saturated rings. The number of carbonyl (C=O) groups is 2. The number of fused-ring (bicyclic) bond motifs is 1. The van der Waals surface area contributed by atoms with E-state index in [0.717, 1.165) is 32.3 Å². The first-order valence-electron chi connectivity index (χ1n) is 12.0. The minimum absolute atomic E-state index is 0.00296. The van der Waals surface area contributed by atoms with Gasteiger partial charge >= 0.3 is 0 Å². The molecule has 8 heteroatoms. The first kappa shape index (κ1) is 21.5. The molecule has 32 heavy (non-hydrogen) atoms. The van der Waals surface area contributed by atoms with Gasteiger partial charge in [0.15, 0.2) is 11.5 Å². The number of nitrogens with one attached hydrogen (secondary N) is 1. The molecule has 0 bridgehead atoms. The van der Waals surface area contributed by atoms with Crippen LogP contribution in [0, 0.1) is 5.92 Å². The lowest BCUT2D eigenvalue weighted by Gasteiger charge is -2.41. The van der Waals surface area contributed by atoms with E-state index in [4.69, 9.17) is 14.2 Å². The van der Waals surface area contributed by atoms with Crippen molar-refractivity contribution in [3.63, 3.8) is 0 Å². The van der Waals surface area contributed by atoms with Gasteiger partial charge in [0, 0.05) is 44.9 Å². The van der Waals surface area contributed by atoms with Crippen LogP contribution in [0.15, 0.2) is 18.2 Å². The average molecular weight is 444 g/mol.